The molecule has 2 nitrogen and oxygen atoms in total. The van der Waals surface area contributed by atoms with Crippen LogP contribution in [0.4, 0.5) is 26.3 Å². The number of carbonyl (C=O) groups is 1. The Balaban J connectivity index is 3.08. The molecule has 0 saturated carbocycles. The van der Waals surface area contributed by atoms with Gasteiger partial charge in [-0.1, -0.05) is 32.3 Å². The molecule has 0 N–H and O–H groups in total. The van der Waals surface area contributed by atoms with Gasteiger partial charge in [-0.2, -0.15) is 26.3 Å². The highest BCUT2D eigenvalue weighted by molar-refractivity contribution is 5.93. The largest absolute Gasteiger partial charge is 0.462 e. The molecule has 0 fully saturated rings. The van der Waals surface area contributed by atoms with Crippen molar-refractivity contribution in [2.45, 2.75) is 45.0 Å². The first-order chi connectivity index (χ1) is 10.6. The molecule has 0 unspecified atom stereocenters. The number of hydrogen-bond donors (Lipinski definition) is 0. The molecule has 0 heterocycles. The zero-order valence-electron chi connectivity index (χ0n) is 12.4. The van der Waals surface area contributed by atoms with Crippen LogP contribution in [0.3, 0.4) is 0 Å². The predicted octanol–water partition coefficient (Wildman–Crippen LogP) is 5.46. The van der Waals surface area contributed by atoms with Gasteiger partial charge in [-0.3, -0.25) is 0 Å². The topological polar surface area (TPSA) is 26.3 Å². The summed E-state index contributed by atoms with van der Waals surface area (Å²) in [4.78, 5) is 11.8. The minimum Gasteiger partial charge on any atom is -0.462 e. The summed E-state index contributed by atoms with van der Waals surface area (Å²) in [5.74, 6) is -1.61. The van der Waals surface area contributed by atoms with Crippen LogP contribution in [0.2, 0.25) is 0 Å². The van der Waals surface area contributed by atoms with Crippen LogP contribution in [0.15, 0.2) is 18.2 Å². The quantitative estimate of drug-likeness (QED) is 0.390. The summed E-state index contributed by atoms with van der Waals surface area (Å²) >= 11 is 0. The Hall–Kier alpha value is -1.73. The van der Waals surface area contributed by atoms with Crippen molar-refractivity contribution in [3.63, 3.8) is 0 Å². The third kappa shape index (κ3) is 5.44. The second-order valence-corrected chi connectivity index (χ2v) is 4.92. The molecule has 0 aliphatic carbocycles. The third-order valence-electron chi connectivity index (χ3n) is 3.11. The van der Waals surface area contributed by atoms with E-state index in [0.29, 0.717) is 31.0 Å². The Morgan fingerprint density at radius 3 is 1.91 bits per heavy atom. The highest BCUT2D eigenvalue weighted by atomic mass is 19.4. The Bertz CT molecular complexity index is 501. The van der Waals surface area contributed by atoms with Crippen molar-refractivity contribution < 1.29 is 35.9 Å². The summed E-state index contributed by atoms with van der Waals surface area (Å²) in [5.41, 5.74) is -4.78. The molecule has 1 aromatic carbocycles. The maximum absolute atomic E-state index is 12.9. The second-order valence-electron chi connectivity index (χ2n) is 4.92. The van der Waals surface area contributed by atoms with Crippen molar-refractivity contribution in [1.82, 2.24) is 0 Å². The molecule has 0 aromatic heterocycles. The maximum atomic E-state index is 12.9. The molecule has 1 rings (SSSR count). The van der Waals surface area contributed by atoms with E-state index in [0.717, 1.165) is 12.8 Å². The van der Waals surface area contributed by atoms with Crippen LogP contribution in [-0.2, 0) is 17.1 Å². The number of hydrogen-bond acceptors (Lipinski definition) is 2. The summed E-state index contributed by atoms with van der Waals surface area (Å²) < 4.78 is 82.0. The predicted molar refractivity (Wildman–Crippen MR) is 70.9 cm³/mol. The van der Waals surface area contributed by atoms with Crippen LogP contribution < -0.4 is 0 Å². The molecule has 130 valence electrons. The lowest BCUT2D eigenvalue weighted by Gasteiger charge is -2.17. The fourth-order valence-electron chi connectivity index (χ4n) is 2.01. The first-order valence-corrected chi connectivity index (χ1v) is 7.03. The van der Waals surface area contributed by atoms with E-state index in [1.165, 1.54) is 0 Å². The van der Waals surface area contributed by atoms with Gasteiger partial charge < -0.3 is 4.74 Å². The Labute approximate surface area is 129 Å². The number of rotatable bonds is 6. The SMILES string of the molecule is CCCCCCOC(=O)c1c(C(F)(F)F)cccc1C(F)(F)F. The summed E-state index contributed by atoms with van der Waals surface area (Å²) in [6.45, 7) is 1.71. The number of carbonyl (C=O) groups excluding carboxylic acids is 1. The van der Waals surface area contributed by atoms with E-state index in [-0.39, 0.29) is 6.61 Å². The van der Waals surface area contributed by atoms with Gasteiger partial charge in [0.05, 0.1) is 23.3 Å². The molecule has 23 heavy (non-hydrogen) atoms. The molecule has 0 aliphatic rings. The van der Waals surface area contributed by atoms with Gasteiger partial charge in [0.1, 0.15) is 0 Å². The van der Waals surface area contributed by atoms with Gasteiger partial charge in [0.2, 0.25) is 0 Å². The van der Waals surface area contributed by atoms with Gasteiger partial charge in [0.25, 0.3) is 0 Å². The van der Waals surface area contributed by atoms with Crippen molar-refractivity contribution in [3.05, 3.63) is 34.9 Å². The summed E-state index contributed by atoms with van der Waals surface area (Å²) in [7, 11) is 0. The van der Waals surface area contributed by atoms with Gasteiger partial charge in [-0.25, -0.2) is 4.79 Å². The standard InChI is InChI=1S/C15H16F6O2/c1-2-3-4-5-9-23-13(22)12-10(14(16,17)18)7-6-8-11(12)15(19,20)21/h6-8H,2-5,9H2,1H3. The average Bonchev–Trinajstić information content (AvgIpc) is 2.44. The van der Waals surface area contributed by atoms with Gasteiger partial charge in [0.15, 0.2) is 0 Å². The Kier molecular flexibility index (Phi) is 6.47. The highest BCUT2D eigenvalue weighted by Crippen LogP contribution is 2.39. The zero-order valence-corrected chi connectivity index (χ0v) is 12.4. The van der Waals surface area contributed by atoms with Crippen molar-refractivity contribution in [2.24, 2.45) is 0 Å². The van der Waals surface area contributed by atoms with Crippen LogP contribution in [0.5, 0.6) is 0 Å². The number of ether oxygens (including phenoxy) is 1. The average molecular weight is 342 g/mol. The van der Waals surface area contributed by atoms with E-state index >= 15 is 0 Å². The molecule has 0 atom stereocenters. The van der Waals surface area contributed by atoms with E-state index in [2.05, 4.69) is 4.74 Å². The van der Waals surface area contributed by atoms with Crippen LogP contribution in [-0.4, -0.2) is 12.6 Å². The van der Waals surface area contributed by atoms with Crippen LogP contribution in [0, 0.1) is 0 Å². The summed E-state index contributed by atoms with van der Waals surface area (Å²) in [6, 6.07) is 1.48. The van der Waals surface area contributed by atoms with Gasteiger partial charge in [-0.15, -0.1) is 0 Å². The normalized spacial score (nSPS) is 12.3. The number of esters is 1. The smallest absolute Gasteiger partial charge is 0.417 e. The fraction of sp³-hybridized carbons (Fsp3) is 0.533. The zero-order chi connectivity index (χ0) is 17.7. The van der Waals surface area contributed by atoms with E-state index in [4.69, 9.17) is 0 Å². The molecule has 0 bridgehead atoms. The molecule has 0 spiro atoms. The number of benzene rings is 1. The lowest BCUT2D eigenvalue weighted by atomic mass is 10.00. The monoisotopic (exact) mass is 342 g/mol. The molecule has 0 amide bonds. The van der Waals surface area contributed by atoms with E-state index in [9.17, 15) is 31.1 Å². The van der Waals surface area contributed by atoms with Crippen LogP contribution >= 0.6 is 0 Å². The third-order valence-corrected chi connectivity index (χ3v) is 3.11. The van der Waals surface area contributed by atoms with Crippen molar-refractivity contribution in [2.75, 3.05) is 6.61 Å². The minimum atomic E-state index is -5.09. The van der Waals surface area contributed by atoms with Gasteiger partial charge in [0, 0.05) is 0 Å². The summed E-state index contributed by atoms with van der Waals surface area (Å²) in [5, 5.41) is 0. The summed E-state index contributed by atoms with van der Waals surface area (Å²) in [6.07, 6.45) is -7.38. The van der Waals surface area contributed by atoms with Crippen LogP contribution in [0.1, 0.15) is 54.1 Å². The second kappa shape index (κ2) is 7.70. The maximum Gasteiger partial charge on any atom is 0.417 e. The van der Waals surface area contributed by atoms with Crippen LogP contribution in [0.25, 0.3) is 0 Å². The van der Waals surface area contributed by atoms with Crippen molar-refractivity contribution >= 4 is 5.97 Å². The van der Waals surface area contributed by atoms with Crippen molar-refractivity contribution in [1.29, 1.82) is 0 Å². The number of unbranched alkanes of at least 4 members (excludes halogenated alkanes) is 3. The molecule has 0 saturated heterocycles. The van der Waals surface area contributed by atoms with E-state index in [1.54, 1.807) is 0 Å². The number of halogens is 6. The molecule has 0 radical (unpaired) electrons. The first-order valence-electron chi connectivity index (χ1n) is 7.03. The van der Waals surface area contributed by atoms with Gasteiger partial charge >= 0.3 is 18.3 Å². The molecule has 1 aromatic rings. The van der Waals surface area contributed by atoms with E-state index in [1.807, 2.05) is 6.92 Å². The molecular weight excluding hydrogens is 326 g/mol. The Morgan fingerprint density at radius 1 is 0.957 bits per heavy atom. The lowest BCUT2D eigenvalue weighted by Crippen LogP contribution is -2.21. The van der Waals surface area contributed by atoms with Crippen molar-refractivity contribution in [3.8, 4) is 0 Å². The highest BCUT2D eigenvalue weighted by Gasteiger charge is 2.43. The molecule has 0 aliphatic heterocycles. The Morgan fingerprint density at radius 2 is 1.48 bits per heavy atom. The van der Waals surface area contributed by atoms with E-state index < -0.39 is 35.0 Å². The van der Waals surface area contributed by atoms with Gasteiger partial charge in [-0.05, 0) is 18.6 Å². The lowest BCUT2D eigenvalue weighted by molar-refractivity contribution is -0.144. The fourth-order valence-corrected chi connectivity index (χ4v) is 2.01. The first kappa shape index (κ1) is 19.3. The minimum absolute atomic E-state index is 0.220. The molecular formula is C15H16F6O2. The number of alkyl halides is 6. The molecule has 8 heteroatoms.